The van der Waals surface area contributed by atoms with Crippen LogP contribution in [0, 0.1) is 17.5 Å². The molecule has 0 fully saturated rings. The fraction of sp³-hybridized carbons (Fsp3) is 0.214. The lowest BCUT2D eigenvalue weighted by Crippen LogP contribution is -2.17. The van der Waals surface area contributed by atoms with Gasteiger partial charge in [-0.3, -0.25) is 4.79 Å². The van der Waals surface area contributed by atoms with Gasteiger partial charge in [0, 0.05) is 6.04 Å². The summed E-state index contributed by atoms with van der Waals surface area (Å²) in [6.07, 6.45) is 2.54. The Bertz CT molecular complexity index is 689. The van der Waals surface area contributed by atoms with E-state index in [4.69, 9.17) is 0 Å². The Hall–Kier alpha value is -2.64. The number of amides is 1. The molecule has 0 aliphatic carbocycles. The van der Waals surface area contributed by atoms with Crippen LogP contribution in [0.25, 0.3) is 0 Å². The number of anilines is 2. The predicted molar refractivity (Wildman–Crippen MR) is 75.1 cm³/mol. The van der Waals surface area contributed by atoms with Crippen molar-refractivity contribution in [3.8, 4) is 0 Å². The Morgan fingerprint density at radius 2 is 1.82 bits per heavy atom. The molecule has 0 unspecified atom stereocenters. The molecule has 5 nitrogen and oxygen atoms in total. The van der Waals surface area contributed by atoms with Crippen molar-refractivity contribution >= 4 is 17.4 Å². The number of benzene rings is 1. The highest BCUT2D eigenvalue weighted by molar-refractivity contribution is 6.02. The zero-order valence-corrected chi connectivity index (χ0v) is 11.8. The second-order valence-electron chi connectivity index (χ2n) is 4.76. The largest absolute Gasteiger partial charge is 0.367 e. The van der Waals surface area contributed by atoms with Crippen molar-refractivity contribution in [2.45, 2.75) is 19.9 Å². The third kappa shape index (κ3) is 3.51. The van der Waals surface area contributed by atoms with E-state index in [1.54, 1.807) is 0 Å². The molecule has 0 bridgehead atoms. The van der Waals surface area contributed by atoms with E-state index in [0.29, 0.717) is 5.82 Å². The van der Waals surface area contributed by atoms with E-state index >= 15 is 0 Å². The van der Waals surface area contributed by atoms with Gasteiger partial charge in [0.1, 0.15) is 11.5 Å². The van der Waals surface area contributed by atoms with E-state index in [1.807, 2.05) is 13.8 Å². The first kappa shape index (κ1) is 15.7. The average molecular weight is 310 g/mol. The van der Waals surface area contributed by atoms with Crippen LogP contribution >= 0.6 is 0 Å². The number of aromatic nitrogens is 2. The molecule has 0 atom stereocenters. The predicted octanol–water partition coefficient (Wildman–Crippen LogP) is 2.97. The fourth-order valence-electron chi connectivity index (χ4n) is 1.62. The van der Waals surface area contributed by atoms with Gasteiger partial charge in [-0.2, -0.15) is 0 Å². The molecule has 2 aromatic rings. The fourth-order valence-corrected chi connectivity index (χ4v) is 1.62. The highest BCUT2D eigenvalue weighted by Gasteiger charge is 2.16. The molecule has 0 aliphatic heterocycles. The van der Waals surface area contributed by atoms with Crippen LogP contribution in [0.4, 0.5) is 24.7 Å². The van der Waals surface area contributed by atoms with Gasteiger partial charge in [-0.05, 0) is 26.0 Å². The first-order chi connectivity index (χ1) is 10.4. The van der Waals surface area contributed by atoms with E-state index in [9.17, 15) is 18.0 Å². The van der Waals surface area contributed by atoms with Crippen molar-refractivity contribution < 1.29 is 18.0 Å². The van der Waals surface area contributed by atoms with Crippen molar-refractivity contribution in [2.24, 2.45) is 0 Å². The Morgan fingerprint density at radius 3 is 2.41 bits per heavy atom. The highest BCUT2D eigenvalue weighted by Crippen LogP contribution is 2.20. The highest BCUT2D eigenvalue weighted by atomic mass is 19.2. The molecule has 1 heterocycles. The number of nitrogens with zero attached hydrogens (tertiary/aromatic N) is 2. The summed E-state index contributed by atoms with van der Waals surface area (Å²) in [5.41, 5.74) is -0.562. The smallest absolute Gasteiger partial charge is 0.275 e. The average Bonchev–Trinajstić information content (AvgIpc) is 2.48. The van der Waals surface area contributed by atoms with Gasteiger partial charge in [-0.25, -0.2) is 23.1 Å². The Kier molecular flexibility index (Phi) is 4.59. The molecular weight excluding hydrogens is 297 g/mol. The molecule has 22 heavy (non-hydrogen) atoms. The lowest BCUT2D eigenvalue weighted by Gasteiger charge is -2.09. The number of carbonyl (C=O) groups excluding carboxylic acids is 1. The van der Waals surface area contributed by atoms with Crippen molar-refractivity contribution in [1.29, 1.82) is 0 Å². The summed E-state index contributed by atoms with van der Waals surface area (Å²) in [4.78, 5) is 19.7. The number of halogens is 3. The summed E-state index contributed by atoms with van der Waals surface area (Å²) in [6.45, 7) is 3.82. The summed E-state index contributed by atoms with van der Waals surface area (Å²) in [5, 5.41) is 5.10. The molecular formula is C14H13F3N4O. The minimum atomic E-state index is -1.65. The second kappa shape index (κ2) is 6.42. The quantitative estimate of drug-likeness (QED) is 0.852. The minimum Gasteiger partial charge on any atom is -0.367 e. The molecule has 0 saturated heterocycles. The van der Waals surface area contributed by atoms with Crippen LogP contribution in [-0.2, 0) is 0 Å². The van der Waals surface area contributed by atoms with Gasteiger partial charge in [0.25, 0.3) is 5.91 Å². The van der Waals surface area contributed by atoms with Gasteiger partial charge >= 0.3 is 0 Å². The normalized spacial score (nSPS) is 10.6. The maximum atomic E-state index is 13.5. The van der Waals surface area contributed by atoms with Crippen LogP contribution in [0.1, 0.15) is 24.3 Å². The van der Waals surface area contributed by atoms with Crippen molar-refractivity contribution in [2.75, 3.05) is 10.6 Å². The number of rotatable bonds is 4. The lowest BCUT2D eigenvalue weighted by molar-refractivity contribution is 0.102. The van der Waals surface area contributed by atoms with Gasteiger partial charge in [-0.1, -0.05) is 0 Å². The minimum absolute atomic E-state index is 0.0848. The van der Waals surface area contributed by atoms with E-state index in [-0.39, 0.29) is 11.7 Å². The van der Waals surface area contributed by atoms with Crippen LogP contribution in [0.5, 0.6) is 0 Å². The standard InChI is InChI=1S/C14H13F3N4O/c1-7(2)20-11-6-18-10(5-19-11)14(22)21-9-4-3-8(15)12(16)13(9)17/h3-7H,1-2H3,(H,19,20)(H,21,22). The van der Waals surface area contributed by atoms with Gasteiger partial charge in [-0.15, -0.1) is 0 Å². The molecule has 116 valence electrons. The summed E-state index contributed by atoms with van der Waals surface area (Å²) >= 11 is 0. The first-order valence-electron chi connectivity index (χ1n) is 6.42. The molecule has 0 radical (unpaired) electrons. The number of carbonyl (C=O) groups is 1. The molecule has 0 aliphatic rings. The van der Waals surface area contributed by atoms with Crippen molar-refractivity contribution in [3.63, 3.8) is 0 Å². The second-order valence-corrected chi connectivity index (χ2v) is 4.76. The molecule has 2 N–H and O–H groups in total. The monoisotopic (exact) mass is 310 g/mol. The van der Waals surface area contributed by atoms with Gasteiger partial charge < -0.3 is 10.6 Å². The van der Waals surface area contributed by atoms with Gasteiger partial charge in [0.05, 0.1) is 18.1 Å². The van der Waals surface area contributed by atoms with Crippen molar-refractivity contribution in [3.05, 3.63) is 47.7 Å². The topological polar surface area (TPSA) is 66.9 Å². The van der Waals surface area contributed by atoms with E-state index in [2.05, 4.69) is 20.6 Å². The van der Waals surface area contributed by atoms with Crippen LogP contribution in [0.2, 0.25) is 0 Å². The maximum absolute atomic E-state index is 13.5. The molecule has 0 saturated carbocycles. The Morgan fingerprint density at radius 1 is 1.09 bits per heavy atom. The molecule has 0 spiro atoms. The summed E-state index contributed by atoms with van der Waals surface area (Å²) in [7, 11) is 0. The van der Waals surface area contributed by atoms with E-state index in [1.165, 1.54) is 12.4 Å². The van der Waals surface area contributed by atoms with Crippen LogP contribution < -0.4 is 10.6 Å². The SMILES string of the molecule is CC(C)Nc1cnc(C(=O)Nc2ccc(F)c(F)c2F)cn1. The van der Waals surface area contributed by atoms with E-state index in [0.717, 1.165) is 12.1 Å². The molecule has 1 aromatic carbocycles. The summed E-state index contributed by atoms with van der Waals surface area (Å²) < 4.78 is 39.4. The van der Waals surface area contributed by atoms with Crippen LogP contribution in [0.15, 0.2) is 24.5 Å². The number of hydrogen-bond donors (Lipinski definition) is 2. The zero-order chi connectivity index (χ0) is 16.3. The maximum Gasteiger partial charge on any atom is 0.275 e. The Balaban J connectivity index is 2.14. The molecule has 1 aromatic heterocycles. The summed E-state index contributed by atoms with van der Waals surface area (Å²) in [5.74, 6) is -4.77. The van der Waals surface area contributed by atoms with Crippen LogP contribution in [0.3, 0.4) is 0 Å². The zero-order valence-electron chi connectivity index (χ0n) is 11.8. The number of nitrogens with one attached hydrogen (secondary N) is 2. The first-order valence-corrected chi connectivity index (χ1v) is 6.42. The van der Waals surface area contributed by atoms with Gasteiger partial charge in [0.2, 0.25) is 0 Å². The van der Waals surface area contributed by atoms with E-state index < -0.39 is 29.0 Å². The molecule has 8 heteroatoms. The molecule has 1 amide bonds. The number of hydrogen-bond acceptors (Lipinski definition) is 4. The third-order valence-corrected chi connectivity index (χ3v) is 2.60. The van der Waals surface area contributed by atoms with Crippen molar-refractivity contribution in [1.82, 2.24) is 9.97 Å². The third-order valence-electron chi connectivity index (χ3n) is 2.60. The lowest BCUT2D eigenvalue weighted by atomic mass is 10.2. The summed E-state index contributed by atoms with van der Waals surface area (Å²) in [6, 6.07) is 1.79. The van der Waals surface area contributed by atoms with Crippen LogP contribution in [-0.4, -0.2) is 21.9 Å². The molecule has 2 rings (SSSR count). The Labute approximate surface area is 124 Å². The van der Waals surface area contributed by atoms with Gasteiger partial charge in [0.15, 0.2) is 17.5 Å².